The van der Waals surface area contributed by atoms with Gasteiger partial charge in [-0.1, -0.05) is 18.2 Å². The maximum absolute atomic E-state index is 13.8. The van der Waals surface area contributed by atoms with Gasteiger partial charge in [-0.3, -0.25) is 4.79 Å². The van der Waals surface area contributed by atoms with E-state index in [1.54, 1.807) is 26.0 Å². The second-order valence-electron chi connectivity index (χ2n) is 6.25. The summed E-state index contributed by atoms with van der Waals surface area (Å²) in [5.41, 5.74) is 0.870. The van der Waals surface area contributed by atoms with E-state index in [2.05, 4.69) is 10.6 Å². The van der Waals surface area contributed by atoms with E-state index in [9.17, 15) is 22.8 Å². The molecule has 0 aliphatic carbocycles. The van der Waals surface area contributed by atoms with Crippen LogP contribution in [-0.2, 0) is 11.3 Å². The molecule has 0 aliphatic heterocycles. The van der Waals surface area contributed by atoms with Gasteiger partial charge in [-0.2, -0.15) is 0 Å². The smallest absolute Gasteiger partial charge is 0.318 e. The summed E-state index contributed by atoms with van der Waals surface area (Å²) in [4.78, 5) is 25.7. The Labute approximate surface area is 161 Å². The maximum Gasteiger partial charge on any atom is 0.318 e. The van der Waals surface area contributed by atoms with Crippen LogP contribution in [0.5, 0.6) is 0 Å². The molecule has 5 nitrogen and oxygen atoms in total. The first-order valence-electron chi connectivity index (χ1n) is 8.81. The molecule has 2 N–H and O–H groups in total. The van der Waals surface area contributed by atoms with Gasteiger partial charge < -0.3 is 15.5 Å². The second-order valence-corrected chi connectivity index (χ2v) is 6.25. The molecule has 0 aromatic heterocycles. The van der Waals surface area contributed by atoms with Gasteiger partial charge in [0.05, 0.1) is 6.04 Å². The molecule has 0 unspecified atom stereocenters. The standard InChI is InChI=1S/C20H22F3N3O2/c1-3-26(12-19(27)24-11-14-4-6-15(21)7-5-14)20(28)25-13(2)17-9-8-16(22)10-18(17)23/h4-10,13H,3,11-12H2,1-2H3,(H,24,27)(H,25,28)/t13-/m0/s1. The summed E-state index contributed by atoms with van der Waals surface area (Å²) in [7, 11) is 0. The van der Waals surface area contributed by atoms with Crippen molar-refractivity contribution in [2.75, 3.05) is 13.1 Å². The number of carbonyl (C=O) groups is 2. The number of urea groups is 1. The zero-order valence-corrected chi connectivity index (χ0v) is 15.6. The molecule has 0 heterocycles. The van der Waals surface area contributed by atoms with Crippen LogP contribution in [0.2, 0.25) is 0 Å². The predicted molar refractivity (Wildman–Crippen MR) is 98.8 cm³/mol. The average Bonchev–Trinajstić information content (AvgIpc) is 2.65. The zero-order chi connectivity index (χ0) is 20.7. The number of rotatable bonds is 7. The molecule has 0 bridgehead atoms. The SMILES string of the molecule is CCN(CC(=O)NCc1ccc(F)cc1)C(=O)N[C@@H](C)c1ccc(F)cc1F. The van der Waals surface area contributed by atoms with Gasteiger partial charge in [0.15, 0.2) is 0 Å². The van der Waals surface area contributed by atoms with Gasteiger partial charge in [-0.25, -0.2) is 18.0 Å². The fourth-order valence-electron chi connectivity index (χ4n) is 2.57. The number of nitrogens with one attached hydrogen (secondary N) is 2. The Morgan fingerprint density at radius 3 is 2.29 bits per heavy atom. The molecule has 2 aromatic rings. The van der Waals surface area contributed by atoms with Gasteiger partial charge in [0.2, 0.25) is 5.91 Å². The Balaban J connectivity index is 1.89. The lowest BCUT2D eigenvalue weighted by Crippen LogP contribution is -2.46. The van der Waals surface area contributed by atoms with Crippen LogP contribution in [0.3, 0.4) is 0 Å². The molecule has 0 saturated carbocycles. The Morgan fingerprint density at radius 1 is 1.04 bits per heavy atom. The van der Waals surface area contributed by atoms with Crippen LogP contribution >= 0.6 is 0 Å². The van der Waals surface area contributed by atoms with Crippen molar-refractivity contribution in [1.29, 1.82) is 0 Å². The van der Waals surface area contributed by atoms with Crippen molar-refractivity contribution in [2.45, 2.75) is 26.4 Å². The highest BCUT2D eigenvalue weighted by Gasteiger charge is 2.19. The number of carbonyl (C=O) groups excluding carboxylic acids is 2. The number of amides is 3. The first-order chi connectivity index (χ1) is 13.3. The topological polar surface area (TPSA) is 61.4 Å². The summed E-state index contributed by atoms with van der Waals surface area (Å²) < 4.78 is 39.7. The lowest BCUT2D eigenvalue weighted by atomic mass is 10.1. The number of hydrogen-bond acceptors (Lipinski definition) is 2. The highest BCUT2D eigenvalue weighted by atomic mass is 19.1. The molecular weight excluding hydrogens is 371 g/mol. The number of halogens is 3. The normalized spacial score (nSPS) is 11.6. The molecule has 28 heavy (non-hydrogen) atoms. The average molecular weight is 393 g/mol. The Hall–Kier alpha value is -3.03. The van der Waals surface area contributed by atoms with E-state index in [4.69, 9.17) is 0 Å². The molecule has 8 heteroatoms. The van der Waals surface area contributed by atoms with Crippen LogP contribution in [0.1, 0.15) is 31.0 Å². The van der Waals surface area contributed by atoms with Crippen LogP contribution in [0.4, 0.5) is 18.0 Å². The molecule has 2 aromatic carbocycles. The molecule has 0 spiro atoms. The summed E-state index contributed by atoms with van der Waals surface area (Å²) >= 11 is 0. The molecule has 3 amide bonds. The minimum absolute atomic E-state index is 0.145. The van der Waals surface area contributed by atoms with E-state index in [-0.39, 0.29) is 36.9 Å². The van der Waals surface area contributed by atoms with E-state index in [1.807, 2.05) is 0 Å². The Morgan fingerprint density at radius 2 is 1.68 bits per heavy atom. The van der Waals surface area contributed by atoms with Crippen molar-refractivity contribution in [1.82, 2.24) is 15.5 Å². The number of hydrogen-bond donors (Lipinski definition) is 2. The summed E-state index contributed by atoms with van der Waals surface area (Å²) in [6, 6.07) is 7.57. The van der Waals surface area contributed by atoms with E-state index in [0.29, 0.717) is 0 Å². The van der Waals surface area contributed by atoms with Crippen molar-refractivity contribution in [3.8, 4) is 0 Å². The van der Waals surface area contributed by atoms with Gasteiger partial charge >= 0.3 is 6.03 Å². The highest BCUT2D eigenvalue weighted by molar-refractivity contribution is 5.84. The number of nitrogens with zero attached hydrogens (tertiary/aromatic N) is 1. The molecule has 0 fully saturated rings. The Bertz CT molecular complexity index is 828. The quantitative estimate of drug-likeness (QED) is 0.756. The second kappa shape index (κ2) is 9.77. The molecule has 1 atom stereocenters. The van der Waals surface area contributed by atoms with Gasteiger partial charge in [0.25, 0.3) is 0 Å². The van der Waals surface area contributed by atoms with Crippen LogP contribution in [-0.4, -0.2) is 29.9 Å². The summed E-state index contributed by atoms with van der Waals surface area (Å²) in [5.74, 6) is -2.21. The van der Waals surface area contributed by atoms with Crippen molar-refractivity contribution in [3.63, 3.8) is 0 Å². The number of likely N-dealkylation sites (N-methyl/N-ethyl adjacent to an activating group) is 1. The zero-order valence-electron chi connectivity index (χ0n) is 15.6. The largest absolute Gasteiger partial charge is 0.350 e. The third-order valence-electron chi connectivity index (χ3n) is 4.18. The fraction of sp³-hybridized carbons (Fsp3) is 0.300. The minimum atomic E-state index is -0.757. The fourth-order valence-corrected chi connectivity index (χ4v) is 2.57. The molecule has 2 rings (SSSR count). The van der Waals surface area contributed by atoms with Gasteiger partial charge in [-0.15, -0.1) is 0 Å². The molecule has 150 valence electrons. The van der Waals surface area contributed by atoms with Crippen molar-refractivity contribution in [3.05, 3.63) is 71.0 Å². The molecule has 0 aliphatic rings. The van der Waals surface area contributed by atoms with Crippen molar-refractivity contribution in [2.24, 2.45) is 0 Å². The molecule has 0 saturated heterocycles. The summed E-state index contributed by atoms with van der Waals surface area (Å²) in [6.45, 7) is 3.54. The van der Waals surface area contributed by atoms with E-state index >= 15 is 0 Å². The maximum atomic E-state index is 13.8. The lowest BCUT2D eigenvalue weighted by Gasteiger charge is -2.24. The predicted octanol–water partition coefficient (Wildman–Crippen LogP) is 3.51. The summed E-state index contributed by atoms with van der Waals surface area (Å²) in [5, 5.41) is 5.25. The van der Waals surface area contributed by atoms with Gasteiger partial charge in [0.1, 0.15) is 24.0 Å². The van der Waals surface area contributed by atoms with Crippen LogP contribution < -0.4 is 10.6 Å². The van der Waals surface area contributed by atoms with Crippen LogP contribution in [0.15, 0.2) is 42.5 Å². The third kappa shape index (κ3) is 6.00. The summed E-state index contributed by atoms with van der Waals surface area (Å²) in [6.07, 6.45) is 0. The van der Waals surface area contributed by atoms with Gasteiger partial charge in [0, 0.05) is 24.7 Å². The van der Waals surface area contributed by atoms with E-state index in [1.165, 1.54) is 23.1 Å². The molecular formula is C20H22F3N3O2. The first kappa shape index (κ1) is 21.3. The monoisotopic (exact) mass is 393 g/mol. The van der Waals surface area contributed by atoms with Crippen molar-refractivity contribution >= 4 is 11.9 Å². The lowest BCUT2D eigenvalue weighted by molar-refractivity contribution is -0.121. The van der Waals surface area contributed by atoms with Gasteiger partial charge in [-0.05, 0) is 37.6 Å². The molecule has 0 radical (unpaired) electrons. The minimum Gasteiger partial charge on any atom is -0.350 e. The van der Waals surface area contributed by atoms with E-state index < -0.39 is 23.7 Å². The van der Waals surface area contributed by atoms with Crippen molar-refractivity contribution < 1.29 is 22.8 Å². The first-order valence-corrected chi connectivity index (χ1v) is 8.81. The number of benzene rings is 2. The van der Waals surface area contributed by atoms with Crippen LogP contribution in [0.25, 0.3) is 0 Å². The highest BCUT2D eigenvalue weighted by Crippen LogP contribution is 2.18. The third-order valence-corrected chi connectivity index (χ3v) is 4.18. The van der Waals surface area contributed by atoms with Crippen LogP contribution in [0, 0.1) is 17.5 Å². The Kier molecular flexibility index (Phi) is 7.43. The van der Waals surface area contributed by atoms with E-state index in [0.717, 1.165) is 17.7 Å².